The molecule has 4 nitrogen and oxygen atoms in total. The number of hydrogen-bond acceptors (Lipinski definition) is 4. The summed E-state index contributed by atoms with van der Waals surface area (Å²) in [6.07, 6.45) is 0. The molecular weight excluding hydrogens is 876 g/mol. The zero-order chi connectivity index (χ0) is 38.4. The molecule has 0 atom stereocenters. The number of benzene rings is 8. The topological polar surface area (TPSA) is 31.2 Å². The zero-order valence-electron chi connectivity index (χ0n) is 31.9. The maximum absolute atomic E-state index is 4.74. The molecule has 0 N–H and O–H groups in total. The van der Waals surface area contributed by atoms with E-state index in [1.54, 1.807) is 0 Å². The Balaban J connectivity index is 0.000000189. The van der Waals surface area contributed by atoms with Gasteiger partial charge in [0.25, 0.3) is 0 Å². The summed E-state index contributed by atoms with van der Waals surface area (Å²) < 4.78 is 0. The first-order valence-corrected chi connectivity index (χ1v) is 18.7. The molecule has 0 radical (unpaired) electrons. The molecule has 8 aromatic carbocycles. The van der Waals surface area contributed by atoms with Gasteiger partial charge in [0.2, 0.25) is 0 Å². The van der Waals surface area contributed by atoms with Crippen LogP contribution in [0.15, 0.2) is 228 Å². The van der Waals surface area contributed by atoms with Gasteiger partial charge in [-0.1, -0.05) is 123 Å². The van der Waals surface area contributed by atoms with Crippen molar-refractivity contribution in [3.8, 4) is 0 Å². The maximum atomic E-state index is 4.74. The van der Waals surface area contributed by atoms with E-state index in [1.807, 2.05) is 111 Å². The van der Waals surface area contributed by atoms with Gasteiger partial charge in [-0.15, -0.1) is 59.7 Å². The van der Waals surface area contributed by atoms with Gasteiger partial charge in [0.15, 0.2) is 0 Å². The van der Waals surface area contributed by atoms with Crippen molar-refractivity contribution in [1.82, 2.24) is 0 Å². The van der Waals surface area contributed by atoms with Crippen molar-refractivity contribution in [3.05, 3.63) is 242 Å². The fourth-order valence-corrected chi connectivity index (χ4v) is 6.32. The molecular formula is C52H42N4Pt. The molecule has 0 aliphatic carbocycles. The molecule has 0 bridgehead atoms. The second kappa shape index (κ2) is 20.3. The standard InChI is InChI=1S/2C26H21N2.Pt/c2*1-21(27-23-13-5-2-6-14-23)22-12-11-19-26(20-22)28(24-15-7-3-8-16-24)25-17-9-4-10-18-25;/h2*2-11,13-20H,1H3;/q2*-1;+2. The normalized spacial score (nSPS) is 11.1. The first-order chi connectivity index (χ1) is 27.6. The van der Waals surface area contributed by atoms with Crippen LogP contribution in [-0.4, -0.2) is 11.4 Å². The number of nitrogens with zero attached hydrogens (tertiary/aromatic N) is 4. The van der Waals surface area contributed by atoms with Gasteiger partial charge in [0.05, 0.1) is 11.4 Å². The molecule has 0 heterocycles. The third-order valence-corrected chi connectivity index (χ3v) is 9.03. The van der Waals surface area contributed by atoms with Crippen molar-refractivity contribution in [2.24, 2.45) is 9.98 Å². The smallest absolute Gasteiger partial charge is 0.328 e. The van der Waals surface area contributed by atoms with Gasteiger partial charge in [-0.3, -0.25) is 0 Å². The molecule has 0 aromatic heterocycles. The van der Waals surface area contributed by atoms with Crippen molar-refractivity contribution < 1.29 is 21.1 Å². The van der Waals surface area contributed by atoms with Gasteiger partial charge < -0.3 is 19.8 Å². The van der Waals surface area contributed by atoms with Gasteiger partial charge in [-0.25, -0.2) is 0 Å². The van der Waals surface area contributed by atoms with Crippen LogP contribution < -0.4 is 9.80 Å². The predicted octanol–water partition coefficient (Wildman–Crippen LogP) is 14.2. The Morgan fingerprint density at radius 3 is 0.895 bits per heavy atom. The Hall–Kier alpha value is -6.61. The van der Waals surface area contributed by atoms with E-state index >= 15 is 0 Å². The molecule has 0 amide bonds. The maximum Gasteiger partial charge on any atom is 2.00 e. The van der Waals surface area contributed by atoms with Crippen LogP contribution in [0.25, 0.3) is 0 Å². The van der Waals surface area contributed by atoms with Crippen LogP contribution in [0.3, 0.4) is 0 Å². The Labute approximate surface area is 351 Å². The van der Waals surface area contributed by atoms with E-state index in [0.717, 1.165) is 68.0 Å². The molecule has 8 aromatic rings. The summed E-state index contributed by atoms with van der Waals surface area (Å²) >= 11 is 0. The van der Waals surface area contributed by atoms with Crippen LogP contribution in [0.5, 0.6) is 0 Å². The molecule has 0 unspecified atom stereocenters. The molecule has 57 heavy (non-hydrogen) atoms. The molecule has 0 saturated heterocycles. The summed E-state index contributed by atoms with van der Waals surface area (Å²) in [5.41, 5.74) is 12.4. The van der Waals surface area contributed by atoms with Crippen LogP contribution in [0, 0.1) is 12.1 Å². The Kier molecular flexibility index (Phi) is 14.3. The second-order valence-electron chi connectivity index (χ2n) is 13.0. The predicted molar refractivity (Wildman–Crippen MR) is 237 cm³/mol. The number of aliphatic imine (C=N–C) groups is 2. The number of hydrogen-bond donors (Lipinski definition) is 0. The van der Waals surface area contributed by atoms with E-state index in [0.29, 0.717) is 0 Å². The molecule has 280 valence electrons. The largest absolute Gasteiger partial charge is 2.00 e. The summed E-state index contributed by atoms with van der Waals surface area (Å²) in [6, 6.07) is 80.6. The van der Waals surface area contributed by atoms with E-state index < -0.39 is 0 Å². The van der Waals surface area contributed by atoms with Gasteiger partial charge in [0, 0.05) is 22.7 Å². The fourth-order valence-electron chi connectivity index (χ4n) is 6.32. The number of anilines is 6. The molecule has 8 rings (SSSR count). The first kappa shape index (κ1) is 40.1. The SMILES string of the molecule is CC(=Nc1ccccc1)c1[c-]ccc(N(c2ccccc2)c2ccccc2)c1.CC(=Nc1ccccc1)c1[c-]ccc(N(c2ccccc2)c2ccccc2)c1.[Pt+2]. The monoisotopic (exact) mass is 917 g/mol. The molecule has 0 fully saturated rings. The third kappa shape index (κ3) is 10.8. The Bertz CT molecular complexity index is 2220. The number of rotatable bonds is 10. The number of para-hydroxylation sites is 6. The van der Waals surface area contributed by atoms with Gasteiger partial charge in [0.1, 0.15) is 0 Å². The zero-order valence-corrected chi connectivity index (χ0v) is 34.2. The van der Waals surface area contributed by atoms with Crippen LogP contribution in [-0.2, 0) is 21.1 Å². The van der Waals surface area contributed by atoms with Crippen LogP contribution in [0.2, 0.25) is 0 Å². The van der Waals surface area contributed by atoms with Gasteiger partial charge in [-0.2, -0.15) is 0 Å². The van der Waals surface area contributed by atoms with Gasteiger partial charge >= 0.3 is 21.1 Å². The van der Waals surface area contributed by atoms with E-state index in [1.165, 1.54) is 0 Å². The fraction of sp³-hybridized carbons (Fsp3) is 0.0385. The second-order valence-corrected chi connectivity index (χ2v) is 13.0. The summed E-state index contributed by atoms with van der Waals surface area (Å²) in [5.74, 6) is 0. The minimum absolute atomic E-state index is 0. The van der Waals surface area contributed by atoms with E-state index in [-0.39, 0.29) is 21.1 Å². The van der Waals surface area contributed by atoms with Crippen LogP contribution >= 0.6 is 0 Å². The van der Waals surface area contributed by atoms with Crippen molar-refractivity contribution >= 4 is 56.9 Å². The minimum Gasteiger partial charge on any atom is -0.328 e. The quantitative estimate of drug-likeness (QED) is 0.101. The van der Waals surface area contributed by atoms with Crippen LogP contribution in [0.1, 0.15) is 25.0 Å². The first-order valence-electron chi connectivity index (χ1n) is 18.7. The van der Waals surface area contributed by atoms with Gasteiger partial charge in [-0.05, 0) is 95.6 Å². The van der Waals surface area contributed by atoms with Crippen molar-refractivity contribution in [3.63, 3.8) is 0 Å². The average molecular weight is 918 g/mol. The molecule has 0 aliphatic rings. The molecule has 0 aliphatic heterocycles. The van der Waals surface area contributed by atoms with Crippen molar-refractivity contribution in [2.75, 3.05) is 9.80 Å². The molecule has 0 saturated carbocycles. The van der Waals surface area contributed by atoms with E-state index in [4.69, 9.17) is 9.98 Å². The van der Waals surface area contributed by atoms with Crippen molar-refractivity contribution in [2.45, 2.75) is 13.8 Å². The molecule has 5 heteroatoms. The van der Waals surface area contributed by atoms with E-state index in [2.05, 4.69) is 143 Å². The van der Waals surface area contributed by atoms with Crippen LogP contribution in [0.4, 0.5) is 45.5 Å². The Morgan fingerprint density at radius 1 is 0.351 bits per heavy atom. The molecule has 0 spiro atoms. The third-order valence-electron chi connectivity index (χ3n) is 9.03. The summed E-state index contributed by atoms with van der Waals surface area (Å²) in [4.78, 5) is 14.0. The summed E-state index contributed by atoms with van der Waals surface area (Å²) in [6.45, 7) is 4.05. The Morgan fingerprint density at radius 2 is 0.614 bits per heavy atom. The minimum atomic E-state index is 0. The van der Waals surface area contributed by atoms with E-state index in [9.17, 15) is 0 Å². The summed E-state index contributed by atoms with van der Waals surface area (Å²) in [7, 11) is 0. The average Bonchev–Trinajstić information content (AvgIpc) is 3.27. The van der Waals surface area contributed by atoms with Crippen molar-refractivity contribution in [1.29, 1.82) is 0 Å². The summed E-state index contributed by atoms with van der Waals surface area (Å²) in [5, 5.41) is 0.